The van der Waals surface area contributed by atoms with Crippen LogP contribution in [0.2, 0.25) is 0 Å². The number of hydrogen-bond acceptors (Lipinski definition) is 4. The number of halogens is 1. The van der Waals surface area contributed by atoms with E-state index in [1.54, 1.807) is 12.1 Å². The van der Waals surface area contributed by atoms with Crippen molar-refractivity contribution in [3.05, 3.63) is 70.9 Å². The summed E-state index contributed by atoms with van der Waals surface area (Å²) >= 11 is 1.35. The fourth-order valence-electron chi connectivity index (χ4n) is 2.86. The summed E-state index contributed by atoms with van der Waals surface area (Å²) in [4.78, 5) is 29.4. The van der Waals surface area contributed by atoms with Crippen LogP contribution in [0.25, 0.3) is 11.3 Å². The second-order valence-corrected chi connectivity index (χ2v) is 7.55. The van der Waals surface area contributed by atoms with Gasteiger partial charge in [0.2, 0.25) is 11.8 Å². The van der Waals surface area contributed by atoms with Gasteiger partial charge in [0, 0.05) is 17.4 Å². The summed E-state index contributed by atoms with van der Waals surface area (Å²) in [5.74, 6) is -0.762. The van der Waals surface area contributed by atoms with Crippen LogP contribution in [0.3, 0.4) is 0 Å². The average molecular weight is 397 g/mol. The quantitative estimate of drug-likeness (QED) is 0.645. The van der Waals surface area contributed by atoms with Gasteiger partial charge in [-0.3, -0.25) is 9.59 Å². The number of rotatable bonds is 6. The molecule has 1 atom stereocenters. The van der Waals surface area contributed by atoms with E-state index in [1.807, 2.05) is 37.3 Å². The summed E-state index contributed by atoms with van der Waals surface area (Å²) in [7, 11) is 0. The second kappa shape index (κ2) is 8.75. The Labute approximate surface area is 166 Å². The summed E-state index contributed by atoms with van der Waals surface area (Å²) in [6.45, 7) is 3.32. The Bertz CT molecular complexity index is 971. The highest BCUT2D eigenvalue weighted by atomic mass is 32.1. The molecule has 0 fully saturated rings. The molecule has 7 heteroatoms. The van der Waals surface area contributed by atoms with Gasteiger partial charge in [0.25, 0.3) is 0 Å². The van der Waals surface area contributed by atoms with Gasteiger partial charge in [-0.15, -0.1) is 11.3 Å². The number of anilines is 1. The monoisotopic (exact) mass is 397 g/mol. The molecule has 0 aliphatic carbocycles. The topological polar surface area (TPSA) is 71.1 Å². The van der Waals surface area contributed by atoms with Crippen LogP contribution in [0.5, 0.6) is 0 Å². The van der Waals surface area contributed by atoms with Crippen molar-refractivity contribution in [3.63, 3.8) is 0 Å². The van der Waals surface area contributed by atoms with Crippen molar-refractivity contribution in [3.8, 4) is 11.3 Å². The SMILES string of the molecule is CC(=O)N[C@@H](CC(=O)Nc1nc(-c2ccc(F)cc2)c(C)s1)c1ccccc1. The molecule has 144 valence electrons. The molecule has 0 unspecified atom stereocenters. The number of aryl methyl sites for hydroxylation is 1. The molecule has 0 spiro atoms. The van der Waals surface area contributed by atoms with E-state index in [0.29, 0.717) is 10.8 Å². The molecule has 3 rings (SSSR count). The van der Waals surface area contributed by atoms with E-state index in [0.717, 1.165) is 16.0 Å². The van der Waals surface area contributed by atoms with Crippen molar-refractivity contribution in [1.29, 1.82) is 0 Å². The Morgan fingerprint density at radius 3 is 2.43 bits per heavy atom. The van der Waals surface area contributed by atoms with Crippen LogP contribution in [0, 0.1) is 12.7 Å². The van der Waals surface area contributed by atoms with E-state index in [4.69, 9.17) is 0 Å². The number of aromatic nitrogens is 1. The number of nitrogens with one attached hydrogen (secondary N) is 2. The van der Waals surface area contributed by atoms with Gasteiger partial charge in [0.15, 0.2) is 5.13 Å². The Morgan fingerprint density at radius 2 is 1.79 bits per heavy atom. The first-order chi connectivity index (χ1) is 13.4. The molecule has 0 saturated heterocycles. The van der Waals surface area contributed by atoms with Gasteiger partial charge < -0.3 is 10.6 Å². The summed E-state index contributed by atoms with van der Waals surface area (Å²) in [6, 6.07) is 15.0. The molecule has 28 heavy (non-hydrogen) atoms. The van der Waals surface area contributed by atoms with E-state index in [9.17, 15) is 14.0 Å². The third-order valence-corrected chi connectivity index (χ3v) is 5.02. The van der Waals surface area contributed by atoms with Crippen LogP contribution in [-0.2, 0) is 9.59 Å². The molecule has 1 aromatic heterocycles. The summed E-state index contributed by atoms with van der Waals surface area (Å²) in [5, 5.41) is 6.08. The van der Waals surface area contributed by atoms with E-state index >= 15 is 0 Å². The number of carbonyl (C=O) groups is 2. The molecule has 0 aliphatic rings. The predicted molar refractivity (Wildman–Crippen MR) is 108 cm³/mol. The zero-order chi connectivity index (χ0) is 20.1. The van der Waals surface area contributed by atoms with Gasteiger partial charge >= 0.3 is 0 Å². The first-order valence-corrected chi connectivity index (χ1v) is 9.59. The lowest BCUT2D eigenvalue weighted by molar-refractivity contribution is -0.120. The minimum absolute atomic E-state index is 0.0914. The molecule has 0 saturated carbocycles. The van der Waals surface area contributed by atoms with Crippen LogP contribution in [0.1, 0.15) is 29.8 Å². The van der Waals surface area contributed by atoms with Crippen LogP contribution >= 0.6 is 11.3 Å². The molecular weight excluding hydrogens is 377 g/mol. The third-order valence-electron chi connectivity index (χ3n) is 4.13. The molecule has 1 heterocycles. The van der Waals surface area contributed by atoms with Gasteiger partial charge in [0.1, 0.15) is 5.82 Å². The van der Waals surface area contributed by atoms with Crippen LogP contribution < -0.4 is 10.6 Å². The number of benzene rings is 2. The molecule has 5 nitrogen and oxygen atoms in total. The second-order valence-electron chi connectivity index (χ2n) is 6.35. The highest BCUT2D eigenvalue weighted by molar-refractivity contribution is 7.16. The molecule has 2 amide bonds. The zero-order valence-electron chi connectivity index (χ0n) is 15.5. The molecule has 2 aromatic carbocycles. The minimum atomic E-state index is -0.420. The number of nitrogens with zero attached hydrogens (tertiary/aromatic N) is 1. The smallest absolute Gasteiger partial charge is 0.228 e. The maximum absolute atomic E-state index is 13.1. The standard InChI is InChI=1S/C21H20FN3O2S/c1-13-20(16-8-10-17(22)11-9-16)25-21(28-13)24-19(27)12-18(23-14(2)26)15-6-4-3-5-7-15/h3-11,18H,12H2,1-2H3,(H,23,26)(H,24,25,27)/t18-/m0/s1. The van der Waals surface area contributed by atoms with Crippen molar-refractivity contribution in [2.24, 2.45) is 0 Å². The fraction of sp³-hybridized carbons (Fsp3) is 0.190. The van der Waals surface area contributed by atoms with E-state index < -0.39 is 6.04 Å². The Morgan fingerprint density at radius 1 is 1.11 bits per heavy atom. The van der Waals surface area contributed by atoms with Crippen LogP contribution in [0.15, 0.2) is 54.6 Å². The van der Waals surface area contributed by atoms with Gasteiger partial charge in [0.05, 0.1) is 18.2 Å². The first-order valence-electron chi connectivity index (χ1n) is 8.77. The lowest BCUT2D eigenvalue weighted by Gasteiger charge is -2.17. The zero-order valence-corrected chi connectivity index (χ0v) is 16.3. The molecule has 0 aliphatic heterocycles. The maximum Gasteiger partial charge on any atom is 0.228 e. The van der Waals surface area contributed by atoms with Crippen molar-refractivity contribution >= 4 is 28.3 Å². The van der Waals surface area contributed by atoms with Crippen molar-refractivity contribution < 1.29 is 14.0 Å². The van der Waals surface area contributed by atoms with E-state index in [-0.39, 0.29) is 24.1 Å². The Balaban J connectivity index is 1.72. The fourth-order valence-corrected chi connectivity index (χ4v) is 3.72. The van der Waals surface area contributed by atoms with Gasteiger partial charge in [-0.1, -0.05) is 30.3 Å². The van der Waals surface area contributed by atoms with E-state index in [1.165, 1.54) is 30.4 Å². The van der Waals surface area contributed by atoms with E-state index in [2.05, 4.69) is 15.6 Å². The third kappa shape index (κ3) is 5.01. The van der Waals surface area contributed by atoms with Crippen LogP contribution in [-0.4, -0.2) is 16.8 Å². The lowest BCUT2D eigenvalue weighted by atomic mass is 10.0. The summed E-state index contributed by atoms with van der Waals surface area (Å²) < 4.78 is 13.1. The number of amides is 2. The Hall–Kier alpha value is -3.06. The number of carbonyl (C=O) groups excluding carboxylic acids is 2. The normalized spacial score (nSPS) is 11.7. The van der Waals surface area contributed by atoms with Crippen molar-refractivity contribution in [2.45, 2.75) is 26.3 Å². The minimum Gasteiger partial charge on any atom is -0.349 e. The first kappa shape index (κ1) is 19.7. The average Bonchev–Trinajstić information content (AvgIpc) is 3.02. The Kier molecular flexibility index (Phi) is 6.16. The molecule has 0 bridgehead atoms. The van der Waals surface area contributed by atoms with Gasteiger partial charge in [-0.25, -0.2) is 9.37 Å². The highest BCUT2D eigenvalue weighted by Crippen LogP contribution is 2.30. The maximum atomic E-state index is 13.1. The molecule has 2 N–H and O–H groups in total. The number of hydrogen-bond donors (Lipinski definition) is 2. The molecule has 3 aromatic rings. The van der Waals surface area contributed by atoms with Gasteiger partial charge in [-0.2, -0.15) is 0 Å². The van der Waals surface area contributed by atoms with Crippen molar-refractivity contribution in [2.75, 3.05) is 5.32 Å². The van der Waals surface area contributed by atoms with Crippen LogP contribution in [0.4, 0.5) is 9.52 Å². The molecular formula is C21H20FN3O2S. The predicted octanol–water partition coefficient (Wildman–Crippen LogP) is 4.46. The molecule has 0 radical (unpaired) electrons. The largest absolute Gasteiger partial charge is 0.349 e. The summed E-state index contributed by atoms with van der Waals surface area (Å²) in [5.41, 5.74) is 2.35. The van der Waals surface area contributed by atoms with Crippen molar-refractivity contribution in [1.82, 2.24) is 10.3 Å². The summed E-state index contributed by atoms with van der Waals surface area (Å²) in [6.07, 6.45) is 0.0914. The lowest BCUT2D eigenvalue weighted by Crippen LogP contribution is -2.29. The van der Waals surface area contributed by atoms with Gasteiger partial charge in [-0.05, 0) is 36.8 Å². The highest BCUT2D eigenvalue weighted by Gasteiger charge is 2.19. The number of thiazole rings is 1.